The summed E-state index contributed by atoms with van der Waals surface area (Å²) in [6, 6.07) is 1.62. The molecule has 0 aromatic heterocycles. The Bertz CT molecular complexity index is 135. The first kappa shape index (κ1) is 7.25. The van der Waals surface area contributed by atoms with Crippen LogP contribution in [0.1, 0.15) is 6.92 Å². The van der Waals surface area contributed by atoms with Crippen LogP contribution in [0.5, 0.6) is 0 Å². The predicted molar refractivity (Wildman–Crippen MR) is 30.1 cm³/mol. The summed E-state index contributed by atoms with van der Waals surface area (Å²) in [6.45, 7) is 1.56. The van der Waals surface area contributed by atoms with Crippen LogP contribution < -0.4 is 0 Å². The maximum absolute atomic E-state index is 8.07. The van der Waals surface area contributed by atoms with Gasteiger partial charge in [0.15, 0.2) is 5.71 Å². The highest BCUT2D eigenvalue weighted by atomic mass is 35.5. The van der Waals surface area contributed by atoms with Crippen LogP contribution in [0, 0.1) is 11.3 Å². The van der Waals surface area contributed by atoms with Gasteiger partial charge in [-0.2, -0.15) is 5.26 Å². The molecular formula is C4H5ClN2O. The Balaban J connectivity index is 3.98. The second-order valence-electron chi connectivity index (χ2n) is 1.21. The molecule has 0 spiro atoms. The van der Waals surface area contributed by atoms with Crippen molar-refractivity contribution >= 4 is 17.3 Å². The van der Waals surface area contributed by atoms with E-state index in [9.17, 15) is 0 Å². The van der Waals surface area contributed by atoms with E-state index >= 15 is 0 Å². The van der Waals surface area contributed by atoms with Crippen molar-refractivity contribution < 1.29 is 5.21 Å². The lowest BCUT2D eigenvalue weighted by molar-refractivity contribution is 0.319. The monoisotopic (exact) mass is 132 g/mol. The molecule has 1 N–H and O–H groups in total. The van der Waals surface area contributed by atoms with Gasteiger partial charge in [0.05, 0.1) is 5.38 Å². The zero-order valence-corrected chi connectivity index (χ0v) is 5.05. The molecule has 0 rings (SSSR count). The van der Waals surface area contributed by atoms with E-state index in [1.54, 1.807) is 13.0 Å². The third-order valence-corrected chi connectivity index (χ3v) is 0.806. The van der Waals surface area contributed by atoms with Crippen LogP contribution in [0.15, 0.2) is 5.16 Å². The summed E-state index contributed by atoms with van der Waals surface area (Å²) < 4.78 is 0. The molecule has 0 aliphatic heterocycles. The molecule has 0 amide bonds. The van der Waals surface area contributed by atoms with Crippen molar-refractivity contribution in [2.75, 3.05) is 0 Å². The molecule has 0 fully saturated rings. The highest BCUT2D eigenvalue weighted by molar-refractivity contribution is 6.34. The van der Waals surface area contributed by atoms with Crippen molar-refractivity contribution in [2.24, 2.45) is 5.16 Å². The molecule has 1 unspecified atom stereocenters. The molecule has 0 aliphatic rings. The molecule has 44 valence electrons. The minimum Gasteiger partial charge on any atom is -0.410 e. The van der Waals surface area contributed by atoms with Gasteiger partial charge in [0.25, 0.3) is 0 Å². The number of rotatable bonds is 1. The molecule has 0 bridgehead atoms. The second-order valence-corrected chi connectivity index (χ2v) is 1.87. The van der Waals surface area contributed by atoms with Gasteiger partial charge in [-0.15, -0.1) is 11.6 Å². The second kappa shape index (κ2) is 3.28. The number of oxime groups is 1. The molecule has 0 aromatic carbocycles. The molecule has 0 aromatic rings. The largest absolute Gasteiger partial charge is 0.410 e. The molecule has 0 heterocycles. The highest BCUT2D eigenvalue weighted by Gasteiger charge is 2.04. The first-order valence-corrected chi connectivity index (χ1v) is 2.42. The number of alkyl halides is 1. The summed E-state index contributed by atoms with van der Waals surface area (Å²) in [7, 11) is 0. The van der Waals surface area contributed by atoms with E-state index < -0.39 is 5.38 Å². The standard InChI is InChI=1S/C4H5ClN2O/c1-3(5)4(2-6)7-8/h3,8H,1H3/b7-4-. The van der Waals surface area contributed by atoms with Gasteiger partial charge < -0.3 is 5.21 Å². The van der Waals surface area contributed by atoms with Gasteiger partial charge in [0.1, 0.15) is 6.07 Å². The van der Waals surface area contributed by atoms with E-state index in [-0.39, 0.29) is 5.71 Å². The number of hydrogen-bond donors (Lipinski definition) is 1. The first-order valence-electron chi connectivity index (χ1n) is 1.98. The van der Waals surface area contributed by atoms with Gasteiger partial charge >= 0.3 is 0 Å². The van der Waals surface area contributed by atoms with Crippen LogP contribution in [0.4, 0.5) is 0 Å². The minimum atomic E-state index is -0.509. The van der Waals surface area contributed by atoms with E-state index in [2.05, 4.69) is 5.16 Å². The molecule has 1 atom stereocenters. The molecule has 3 nitrogen and oxygen atoms in total. The average Bonchev–Trinajstić information content (AvgIpc) is 1.69. The first-order chi connectivity index (χ1) is 3.72. The van der Waals surface area contributed by atoms with Crippen LogP contribution in [-0.4, -0.2) is 16.3 Å². The minimum absolute atomic E-state index is 0.0633. The topological polar surface area (TPSA) is 56.4 Å². The van der Waals surface area contributed by atoms with Crippen molar-refractivity contribution in [1.29, 1.82) is 5.26 Å². The van der Waals surface area contributed by atoms with Crippen LogP contribution in [0.2, 0.25) is 0 Å². The maximum atomic E-state index is 8.07. The van der Waals surface area contributed by atoms with E-state index in [0.717, 1.165) is 0 Å². The zero-order valence-electron chi connectivity index (χ0n) is 4.30. The lowest BCUT2D eigenvalue weighted by atomic mass is 10.3. The normalized spacial score (nSPS) is 14.9. The number of nitrogens with zero attached hydrogens (tertiary/aromatic N) is 2. The summed E-state index contributed by atoms with van der Waals surface area (Å²) in [5.74, 6) is 0. The van der Waals surface area contributed by atoms with Crippen LogP contribution in [-0.2, 0) is 0 Å². The zero-order chi connectivity index (χ0) is 6.57. The fourth-order valence-electron chi connectivity index (χ4n) is 0.191. The van der Waals surface area contributed by atoms with Crippen molar-refractivity contribution in [3.8, 4) is 6.07 Å². The van der Waals surface area contributed by atoms with Gasteiger partial charge in [0.2, 0.25) is 0 Å². The Hall–Kier alpha value is -0.750. The third kappa shape index (κ3) is 1.80. The molecule has 4 heteroatoms. The number of halogens is 1. The Kier molecular flexibility index (Phi) is 2.97. The van der Waals surface area contributed by atoms with E-state index in [1.807, 2.05) is 0 Å². The summed E-state index contributed by atoms with van der Waals surface area (Å²) >= 11 is 5.33. The summed E-state index contributed by atoms with van der Waals surface area (Å²) in [4.78, 5) is 0. The number of hydrogen-bond acceptors (Lipinski definition) is 3. The molecule has 0 aliphatic carbocycles. The Labute approximate surface area is 52.2 Å². The van der Waals surface area contributed by atoms with Gasteiger partial charge in [-0.1, -0.05) is 5.16 Å². The summed E-state index contributed by atoms with van der Waals surface area (Å²) in [6.07, 6.45) is 0. The maximum Gasteiger partial charge on any atom is 0.174 e. The Morgan fingerprint density at radius 1 is 2.00 bits per heavy atom. The van der Waals surface area contributed by atoms with E-state index in [4.69, 9.17) is 22.1 Å². The molecule has 0 saturated heterocycles. The van der Waals surface area contributed by atoms with Gasteiger partial charge in [0, 0.05) is 0 Å². The van der Waals surface area contributed by atoms with Crippen molar-refractivity contribution in [2.45, 2.75) is 12.3 Å². The predicted octanol–water partition coefficient (Wildman–Crippen LogP) is 0.967. The molecule has 0 saturated carbocycles. The Morgan fingerprint density at radius 2 is 2.50 bits per heavy atom. The van der Waals surface area contributed by atoms with Crippen molar-refractivity contribution in [1.82, 2.24) is 0 Å². The molecule has 8 heavy (non-hydrogen) atoms. The lowest BCUT2D eigenvalue weighted by Crippen LogP contribution is -2.06. The van der Waals surface area contributed by atoms with E-state index in [0.29, 0.717) is 0 Å². The van der Waals surface area contributed by atoms with Crippen LogP contribution in [0.3, 0.4) is 0 Å². The van der Waals surface area contributed by atoms with E-state index in [1.165, 1.54) is 0 Å². The van der Waals surface area contributed by atoms with Gasteiger partial charge in [-0.3, -0.25) is 0 Å². The molecule has 0 radical (unpaired) electrons. The quantitative estimate of drug-likeness (QED) is 0.250. The van der Waals surface area contributed by atoms with Crippen molar-refractivity contribution in [3.63, 3.8) is 0 Å². The van der Waals surface area contributed by atoms with Crippen LogP contribution >= 0.6 is 11.6 Å². The number of nitriles is 1. The highest BCUT2D eigenvalue weighted by Crippen LogP contribution is 1.94. The molecular weight excluding hydrogens is 128 g/mol. The summed E-state index contributed by atoms with van der Waals surface area (Å²) in [5, 5.41) is 18.2. The van der Waals surface area contributed by atoms with Gasteiger partial charge in [-0.25, -0.2) is 0 Å². The average molecular weight is 133 g/mol. The third-order valence-electron chi connectivity index (χ3n) is 0.599. The fourth-order valence-corrected chi connectivity index (χ4v) is 0.283. The van der Waals surface area contributed by atoms with Gasteiger partial charge in [-0.05, 0) is 6.92 Å². The van der Waals surface area contributed by atoms with Crippen molar-refractivity contribution in [3.05, 3.63) is 0 Å². The summed E-state index contributed by atoms with van der Waals surface area (Å²) in [5.41, 5.74) is -0.0633. The lowest BCUT2D eigenvalue weighted by Gasteiger charge is -1.91. The fraction of sp³-hybridized carbons (Fsp3) is 0.500. The Morgan fingerprint density at radius 3 is 2.50 bits per heavy atom. The van der Waals surface area contributed by atoms with Crippen LogP contribution in [0.25, 0.3) is 0 Å². The smallest absolute Gasteiger partial charge is 0.174 e. The SMILES string of the molecule is CC(Cl)/C(C#N)=N\O.